The Morgan fingerprint density at radius 1 is 1.16 bits per heavy atom. The molecule has 8 heteroatoms. The van der Waals surface area contributed by atoms with Gasteiger partial charge in [-0.2, -0.15) is 0 Å². The maximum Gasteiger partial charge on any atom is 0.338 e. The molecule has 0 radical (unpaired) electrons. The Labute approximate surface area is 182 Å². The van der Waals surface area contributed by atoms with Crippen LogP contribution in [0, 0.1) is 5.41 Å². The highest BCUT2D eigenvalue weighted by molar-refractivity contribution is 6.12. The van der Waals surface area contributed by atoms with E-state index in [0.29, 0.717) is 23.5 Å². The molecule has 170 valence electrons. The van der Waals surface area contributed by atoms with Crippen LogP contribution in [0.1, 0.15) is 57.8 Å². The van der Waals surface area contributed by atoms with Crippen molar-refractivity contribution in [3.63, 3.8) is 0 Å². The zero-order valence-electron chi connectivity index (χ0n) is 19.0. The van der Waals surface area contributed by atoms with Gasteiger partial charge < -0.3 is 15.0 Å². The van der Waals surface area contributed by atoms with Gasteiger partial charge in [0, 0.05) is 18.0 Å². The van der Waals surface area contributed by atoms with Crippen molar-refractivity contribution in [3.05, 3.63) is 23.8 Å². The van der Waals surface area contributed by atoms with Gasteiger partial charge in [-0.05, 0) is 51.8 Å². The van der Waals surface area contributed by atoms with Gasteiger partial charge in [-0.25, -0.2) is 4.79 Å². The summed E-state index contributed by atoms with van der Waals surface area (Å²) in [6.07, 6.45) is 1.85. The quantitative estimate of drug-likeness (QED) is 0.669. The summed E-state index contributed by atoms with van der Waals surface area (Å²) >= 11 is 0. The van der Waals surface area contributed by atoms with E-state index in [1.807, 2.05) is 0 Å². The molecular weight excluding hydrogens is 401 g/mol. The van der Waals surface area contributed by atoms with Gasteiger partial charge in [0.05, 0.1) is 30.2 Å². The first-order valence-electron chi connectivity index (χ1n) is 10.7. The van der Waals surface area contributed by atoms with Gasteiger partial charge in [-0.15, -0.1) is 0 Å². The lowest BCUT2D eigenvalue weighted by Gasteiger charge is -2.37. The Balaban J connectivity index is 1.86. The molecule has 7 nitrogen and oxygen atoms in total. The number of carbonyl (C=O) groups excluding carboxylic acids is 3. The number of nitrogens with zero attached hydrogens (tertiary/aromatic N) is 2. The molecule has 1 fully saturated rings. The molecule has 0 unspecified atom stereocenters. The van der Waals surface area contributed by atoms with Gasteiger partial charge >= 0.3 is 5.97 Å². The van der Waals surface area contributed by atoms with Crippen LogP contribution in [-0.2, 0) is 14.3 Å². The van der Waals surface area contributed by atoms with Crippen molar-refractivity contribution >= 4 is 29.2 Å². The van der Waals surface area contributed by atoms with Crippen LogP contribution >= 0.6 is 0 Å². The topological polar surface area (TPSA) is 79.0 Å². The fourth-order valence-electron chi connectivity index (χ4n) is 3.44. The molecule has 1 heterocycles. The lowest BCUT2D eigenvalue weighted by atomic mass is 9.96. The van der Waals surface area contributed by atoms with Crippen LogP contribution in [0.3, 0.4) is 0 Å². The number of amides is 2. The number of hydrogen-bond donors (Lipinski definition) is 1. The average molecular weight is 434 g/mol. The lowest BCUT2D eigenvalue weighted by molar-refractivity contribution is -0.122. The van der Waals surface area contributed by atoms with Crippen LogP contribution in [0.25, 0.3) is 0 Å². The van der Waals surface area contributed by atoms with Gasteiger partial charge in [0.25, 0.3) is 0 Å². The number of benzene rings is 1. The van der Waals surface area contributed by atoms with E-state index < -0.39 is 23.7 Å². The van der Waals surface area contributed by atoms with E-state index in [-0.39, 0.29) is 30.9 Å². The fourth-order valence-corrected chi connectivity index (χ4v) is 3.44. The molecule has 31 heavy (non-hydrogen) atoms. The number of esters is 1. The normalized spacial score (nSPS) is 16.9. The third-order valence-electron chi connectivity index (χ3n) is 5.18. The Bertz CT molecular complexity index is 874. The van der Waals surface area contributed by atoms with Crippen molar-refractivity contribution in [2.24, 2.45) is 5.41 Å². The maximum absolute atomic E-state index is 13.0. The summed E-state index contributed by atoms with van der Waals surface area (Å²) in [4.78, 5) is 41.5. The summed E-state index contributed by atoms with van der Waals surface area (Å²) in [6.45, 7) is 8.61. The van der Waals surface area contributed by atoms with Gasteiger partial charge in [-0.3, -0.25) is 18.9 Å². The summed E-state index contributed by atoms with van der Waals surface area (Å²) in [5.74, 6) is -0.932. The predicted molar refractivity (Wildman–Crippen MR) is 117 cm³/mol. The van der Waals surface area contributed by atoms with Gasteiger partial charge in [-0.1, -0.05) is 13.8 Å². The van der Waals surface area contributed by atoms with E-state index in [0.717, 1.165) is 12.8 Å². The molecule has 1 N–H and O–H groups in total. The zero-order chi connectivity index (χ0) is 23.0. The summed E-state index contributed by atoms with van der Waals surface area (Å²) in [7, 11) is 0. The second-order valence-electron chi connectivity index (χ2n) is 10.1. The monoisotopic (exact) mass is 433 g/mol. The Kier molecular flexibility index (Phi) is 6.41. The minimum atomic E-state index is -0.647. The van der Waals surface area contributed by atoms with E-state index in [1.165, 1.54) is 4.90 Å². The highest BCUT2D eigenvalue weighted by Gasteiger charge is 2.41. The number of alkyl halides is 1. The Morgan fingerprint density at radius 3 is 2.42 bits per heavy atom. The number of rotatable bonds is 7. The number of hydrogen-bond acceptors (Lipinski definition) is 5. The highest BCUT2D eigenvalue weighted by atomic mass is 19.1. The zero-order valence-corrected chi connectivity index (χ0v) is 19.0. The molecular formula is C23H32FN3O4. The van der Waals surface area contributed by atoms with Crippen LogP contribution in [0.4, 0.5) is 15.8 Å². The molecule has 0 bridgehead atoms. The first-order valence-corrected chi connectivity index (χ1v) is 10.7. The molecule has 0 saturated heterocycles. The number of anilines is 2. The van der Waals surface area contributed by atoms with Gasteiger partial charge in [0.15, 0.2) is 0 Å². The Hall–Kier alpha value is -2.48. The van der Waals surface area contributed by atoms with E-state index in [1.54, 1.807) is 57.7 Å². The van der Waals surface area contributed by atoms with Crippen LogP contribution < -0.4 is 15.1 Å². The molecule has 2 aliphatic rings. The van der Waals surface area contributed by atoms with Crippen molar-refractivity contribution < 1.29 is 23.5 Å². The SMILES string of the molecule is CC(C)(CF)CNCC(=O)N1CC(=O)N(C2CC2)c2ccc(C(=O)OC(C)(C)C)cc21. The van der Waals surface area contributed by atoms with Crippen molar-refractivity contribution in [2.75, 3.05) is 36.1 Å². The molecule has 1 aromatic carbocycles. The van der Waals surface area contributed by atoms with E-state index in [2.05, 4.69) is 5.32 Å². The predicted octanol–water partition coefficient (Wildman–Crippen LogP) is 3.07. The molecule has 3 rings (SSSR count). The largest absolute Gasteiger partial charge is 0.456 e. The summed E-state index contributed by atoms with van der Waals surface area (Å²) in [5.41, 5.74) is 0.242. The second-order valence-corrected chi connectivity index (χ2v) is 10.1. The molecule has 0 atom stereocenters. The molecule has 1 aliphatic heterocycles. The minimum Gasteiger partial charge on any atom is -0.456 e. The van der Waals surface area contributed by atoms with Crippen LogP contribution in [-0.4, -0.2) is 55.7 Å². The summed E-state index contributed by atoms with van der Waals surface area (Å²) < 4.78 is 18.5. The number of halogens is 1. The third-order valence-corrected chi connectivity index (χ3v) is 5.18. The molecule has 2 amide bonds. The molecule has 0 aromatic heterocycles. The summed E-state index contributed by atoms with van der Waals surface area (Å²) in [6, 6.07) is 5.10. The number of ether oxygens (including phenoxy) is 1. The minimum absolute atomic E-state index is 0.0315. The van der Waals surface area contributed by atoms with Crippen molar-refractivity contribution in [1.29, 1.82) is 0 Å². The van der Waals surface area contributed by atoms with Crippen molar-refractivity contribution in [3.8, 4) is 0 Å². The van der Waals surface area contributed by atoms with Crippen LogP contribution in [0.5, 0.6) is 0 Å². The van der Waals surface area contributed by atoms with Gasteiger partial charge in [0.2, 0.25) is 11.8 Å². The molecule has 1 aromatic rings. The summed E-state index contributed by atoms with van der Waals surface area (Å²) in [5, 5.41) is 2.99. The van der Waals surface area contributed by atoms with E-state index in [4.69, 9.17) is 4.74 Å². The first kappa shape index (κ1) is 23.2. The smallest absolute Gasteiger partial charge is 0.338 e. The number of carbonyl (C=O) groups is 3. The number of fused-ring (bicyclic) bond motifs is 1. The third kappa shape index (κ3) is 5.61. The molecule has 1 aliphatic carbocycles. The lowest BCUT2D eigenvalue weighted by Crippen LogP contribution is -2.51. The fraction of sp³-hybridized carbons (Fsp3) is 0.609. The van der Waals surface area contributed by atoms with Crippen molar-refractivity contribution in [1.82, 2.24) is 5.32 Å². The van der Waals surface area contributed by atoms with Crippen LogP contribution in [0.15, 0.2) is 18.2 Å². The second kappa shape index (κ2) is 8.57. The molecule has 0 spiro atoms. The molecule has 1 saturated carbocycles. The average Bonchev–Trinajstić information content (AvgIpc) is 3.50. The van der Waals surface area contributed by atoms with E-state index in [9.17, 15) is 18.8 Å². The standard InChI is InChI=1S/C23H32FN3O4/c1-22(2,3)31-21(30)15-6-9-17-18(10-15)26(12-20(29)27(17)16-7-8-16)19(28)11-25-14-23(4,5)13-24/h6,9-10,16,25H,7-8,11-14H2,1-5H3. The maximum atomic E-state index is 13.0. The first-order chi connectivity index (χ1) is 14.4. The Morgan fingerprint density at radius 2 is 1.84 bits per heavy atom. The highest BCUT2D eigenvalue weighted by Crippen LogP contribution is 2.41. The van der Waals surface area contributed by atoms with Crippen LogP contribution in [0.2, 0.25) is 0 Å². The number of nitrogens with one attached hydrogen (secondary N) is 1. The van der Waals surface area contributed by atoms with Crippen molar-refractivity contribution in [2.45, 2.75) is 59.1 Å². The van der Waals surface area contributed by atoms with Gasteiger partial charge in [0.1, 0.15) is 12.1 Å². The van der Waals surface area contributed by atoms with E-state index >= 15 is 0 Å².